The van der Waals surface area contributed by atoms with Crippen molar-refractivity contribution in [1.29, 1.82) is 0 Å². The van der Waals surface area contributed by atoms with Gasteiger partial charge in [-0.1, -0.05) is 24.6 Å². The summed E-state index contributed by atoms with van der Waals surface area (Å²) < 4.78 is 22.4. The van der Waals surface area contributed by atoms with Crippen molar-refractivity contribution in [1.82, 2.24) is 0 Å². The highest BCUT2D eigenvalue weighted by molar-refractivity contribution is 6.32. The third kappa shape index (κ3) is 6.15. The molecule has 0 aliphatic heterocycles. The lowest BCUT2D eigenvalue weighted by atomic mass is 10.2. The molecule has 0 saturated heterocycles. The Labute approximate surface area is 188 Å². The molecule has 6 heteroatoms. The Kier molecular flexibility index (Phi) is 7.79. The van der Waals surface area contributed by atoms with Gasteiger partial charge in [0.1, 0.15) is 17.2 Å². The van der Waals surface area contributed by atoms with Gasteiger partial charge in [-0.2, -0.15) is 0 Å². The molecule has 0 N–H and O–H groups in total. The summed E-state index contributed by atoms with van der Waals surface area (Å²) >= 11 is 6.42. The van der Waals surface area contributed by atoms with Crippen molar-refractivity contribution in [2.75, 3.05) is 14.2 Å². The molecule has 0 aromatic heterocycles. The van der Waals surface area contributed by atoms with Crippen molar-refractivity contribution in [3.8, 4) is 28.7 Å². The molecule has 1 atom stereocenters. The zero-order valence-corrected chi connectivity index (χ0v) is 18.8. The van der Waals surface area contributed by atoms with E-state index in [0.29, 0.717) is 28.0 Å². The largest absolute Gasteiger partial charge is 0.497 e. The minimum atomic E-state index is 0.0450. The minimum Gasteiger partial charge on any atom is -0.497 e. The SMILES string of the molecule is CC[C@H](C)Oc1c(Cl)cc(C=Nc2ccc(Oc3cccc(OC)c3)cc2)cc1OC. The summed E-state index contributed by atoms with van der Waals surface area (Å²) in [7, 11) is 3.22. The molecule has 3 rings (SSSR count). The molecule has 31 heavy (non-hydrogen) atoms. The van der Waals surface area contributed by atoms with Gasteiger partial charge in [0, 0.05) is 12.3 Å². The van der Waals surface area contributed by atoms with Crippen molar-refractivity contribution in [2.45, 2.75) is 26.4 Å². The van der Waals surface area contributed by atoms with E-state index < -0.39 is 0 Å². The average Bonchev–Trinajstić information content (AvgIpc) is 2.80. The van der Waals surface area contributed by atoms with Gasteiger partial charge in [-0.25, -0.2) is 0 Å². The van der Waals surface area contributed by atoms with Crippen LogP contribution in [0.5, 0.6) is 28.7 Å². The van der Waals surface area contributed by atoms with Crippen LogP contribution in [0.2, 0.25) is 5.02 Å². The monoisotopic (exact) mass is 439 g/mol. The molecule has 0 fully saturated rings. The van der Waals surface area contributed by atoms with E-state index in [1.165, 1.54) is 0 Å². The summed E-state index contributed by atoms with van der Waals surface area (Å²) in [5.41, 5.74) is 1.60. The van der Waals surface area contributed by atoms with Crippen LogP contribution in [0.4, 0.5) is 5.69 Å². The van der Waals surface area contributed by atoms with E-state index in [0.717, 1.165) is 23.4 Å². The highest BCUT2D eigenvalue weighted by Gasteiger charge is 2.14. The number of hydrogen-bond donors (Lipinski definition) is 0. The van der Waals surface area contributed by atoms with E-state index in [2.05, 4.69) is 11.9 Å². The molecular formula is C25H26ClNO4. The molecule has 0 bridgehead atoms. The molecule has 0 radical (unpaired) electrons. The first-order chi connectivity index (χ1) is 15.0. The second-order valence-electron chi connectivity index (χ2n) is 6.90. The van der Waals surface area contributed by atoms with Crippen molar-refractivity contribution < 1.29 is 18.9 Å². The number of hydrogen-bond acceptors (Lipinski definition) is 5. The molecule has 162 valence electrons. The van der Waals surface area contributed by atoms with Gasteiger partial charge in [0.05, 0.1) is 31.0 Å². The van der Waals surface area contributed by atoms with Crippen LogP contribution in [0.1, 0.15) is 25.8 Å². The van der Waals surface area contributed by atoms with Gasteiger partial charge >= 0.3 is 0 Å². The zero-order chi connectivity index (χ0) is 22.2. The maximum absolute atomic E-state index is 6.42. The fourth-order valence-electron chi connectivity index (χ4n) is 2.76. The molecule has 3 aromatic rings. The van der Waals surface area contributed by atoms with Crippen molar-refractivity contribution in [3.63, 3.8) is 0 Å². The topological polar surface area (TPSA) is 49.3 Å². The van der Waals surface area contributed by atoms with E-state index in [1.807, 2.05) is 67.6 Å². The summed E-state index contributed by atoms with van der Waals surface area (Å²) in [5.74, 6) is 3.29. The molecule has 0 saturated carbocycles. The molecule has 0 spiro atoms. The number of aliphatic imine (C=N–C) groups is 1. The fraction of sp³-hybridized carbons (Fsp3) is 0.240. The van der Waals surface area contributed by atoms with E-state index in [1.54, 1.807) is 20.4 Å². The smallest absolute Gasteiger partial charge is 0.180 e. The quantitative estimate of drug-likeness (QED) is 0.334. The maximum atomic E-state index is 6.42. The standard InChI is InChI=1S/C25H26ClNO4/c1-5-17(2)30-25-23(26)13-18(14-24(25)29-4)16-27-19-9-11-20(12-10-19)31-22-8-6-7-21(15-22)28-3/h6-17H,5H2,1-4H3/t17-/m0/s1. The first-order valence-corrected chi connectivity index (χ1v) is 10.4. The lowest BCUT2D eigenvalue weighted by Crippen LogP contribution is -2.11. The predicted octanol–water partition coefficient (Wildman–Crippen LogP) is 7.08. The summed E-state index contributed by atoms with van der Waals surface area (Å²) in [6, 6.07) is 18.6. The van der Waals surface area contributed by atoms with Gasteiger partial charge in [-0.3, -0.25) is 4.99 Å². The molecule has 0 unspecified atom stereocenters. The summed E-state index contributed by atoms with van der Waals surface area (Å²) in [5, 5.41) is 0.489. The number of rotatable bonds is 9. The molecule has 3 aromatic carbocycles. The fourth-order valence-corrected chi connectivity index (χ4v) is 3.03. The third-order valence-electron chi connectivity index (χ3n) is 4.62. The normalized spacial score (nSPS) is 11.9. The van der Waals surface area contributed by atoms with E-state index in [-0.39, 0.29) is 6.10 Å². The maximum Gasteiger partial charge on any atom is 0.180 e. The first kappa shape index (κ1) is 22.5. The van der Waals surface area contributed by atoms with E-state index in [4.69, 9.17) is 30.5 Å². The van der Waals surface area contributed by atoms with Gasteiger partial charge in [-0.05, 0) is 67.4 Å². The zero-order valence-electron chi connectivity index (χ0n) is 18.1. The average molecular weight is 440 g/mol. The summed E-state index contributed by atoms with van der Waals surface area (Å²) in [6.07, 6.45) is 2.66. The van der Waals surface area contributed by atoms with Crippen LogP contribution in [-0.4, -0.2) is 26.5 Å². The minimum absolute atomic E-state index is 0.0450. The second kappa shape index (κ2) is 10.7. The highest BCUT2D eigenvalue weighted by atomic mass is 35.5. The number of ether oxygens (including phenoxy) is 4. The summed E-state index contributed by atoms with van der Waals surface area (Å²) in [6.45, 7) is 4.05. The van der Waals surface area contributed by atoms with Crippen LogP contribution in [0.25, 0.3) is 0 Å². The molecule has 0 aliphatic carbocycles. The van der Waals surface area contributed by atoms with Gasteiger partial charge in [0.15, 0.2) is 11.5 Å². The highest BCUT2D eigenvalue weighted by Crippen LogP contribution is 2.37. The first-order valence-electron chi connectivity index (χ1n) is 10.0. The number of halogens is 1. The van der Waals surface area contributed by atoms with Crippen LogP contribution < -0.4 is 18.9 Å². The lowest BCUT2D eigenvalue weighted by molar-refractivity contribution is 0.208. The molecule has 5 nitrogen and oxygen atoms in total. The number of benzene rings is 3. The van der Waals surface area contributed by atoms with Crippen LogP contribution >= 0.6 is 11.6 Å². The Balaban J connectivity index is 1.72. The molecule has 0 amide bonds. The Hall–Kier alpha value is -3.18. The van der Waals surface area contributed by atoms with Gasteiger partial charge in [0.2, 0.25) is 0 Å². The van der Waals surface area contributed by atoms with Crippen molar-refractivity contribution >= 4 is 23.5 Å². The Morgan fingerprint density at radius 3 is 2.35 bits per heavy atom. The Bertz CT molecular complexity index is 1030. The second-order valence-corrected chi connectivity index (χ2v) is 7.31. The molecular weight excluding hydrogens is 414 g/mol. The lowest BCUT2D eigenvalue weighted by Gasteiger charge is -2.17. The van der Waals surface area contributed by atoms with Crippen LogP contribution in [0, 0.1) is 0 Å². The predicted molar refractivity (Wildman–Crippen MR) is 125 cm³/mol. The number of nitrogens with zero attached hydrogens (tertiary/aromatic N) is 1. The Morgan fingerprint density at radius 1 is 0.935 bits per heavy atom. The van der Waals surface area contributed by atoms with Crippen molar-refractivity contribution in [3.05, 3.63) is 71.2 Å². The van der Waals surface area contributed by atoms with Crippen LogP contribution in [-0.2, 0) is 0 Å². The number of methoxy groups -OCH3 is 2. The summed E-state index contributed by atoms with van der Waals surface area (Å²) in [4.78, 5) is 4.52. The van der Waals surface area contributed by atoms with Gasteiger partial charge in [0.25, 0.3) is 0 Å². The molecule has 0 aliphatic rings. The Morgan fingerprint density at radius 2 is 1.68 bits per heavy atom. The van der Waals surface area contributed by atoms with E-state index in [9.17, 15) is 0 Å². The van der Waals surface area contributed by atoms with E-state index >= 15 is 0 Å². The van der Waals surface area contributed by atoms with Crippen molar-refractivity contribution in [2.24, 2.45) is 4.99 Å². The van der Waals surface area contributed by atoms with Crippen LogP contribution in [0.3, 0.4) is 0 Å². The third-order valence-corrected chi connectivity index (χ3v) is 4.90. The van der Waals surface area contributed by atoms with Gasteiger partial charge < -0.3 is 18.9 Å². The molecule has 0 heterocycles. The van der Waals surface area contributed by atoms with Crippen LogP contribution in [0.15, 0.2) is 65.7 Å². The van der Waals surface area contributed by atoms with Gasteiger partial charge in [-0.15, -0.1) is 0 Å².